The minimum atomic E-state index is -0.795. The summed E-state index contributed by atoms with van der Waals surface area (Å²) < 4.78 is 217. The maximum atomic E-state index is 9.49. The maximum absolute atomic E-state index is 9.49. The van der Waals surface area contributed by atoms with Gasteiger partial charge in [0.2, 0.25) is 0 Å². The molecule has 1 aromatic heterocycles. The zero-order valence-corrected chi connectivity index (χ0v) is 24.9. The van der Waals surface area contributed by atoms with Gasteiger partial charge in [0.15, 0.2) is 0 Å². The lowest BCUT2D eigenvalue weighted by Crippen LogP contribution is -1.90. The second-order valence-corrected chi connectivity index (χ2v) is 11.0. The van der Waals surface area contributed by atoms with E-state index in [2.05, 4.69) is 0 Å². The lowest BCUT2D eigenvalue weighted by atomic mass is 9.85. The van der Waals surface area contributed by atoms with E-state index in [1.165, 1.54) is 12.1 Å². The first-order valence-corrected chi connectivity index (χ1v) is 14.9. The topological polar surface area (TPSA) is 13.1 Å². The standard InChI is InChI=1S/C48H30O/c1-3-12-31(13-4-1)38-20-11-21-43-44-30-36(26-27-45(44)49-48(38)43)34-22-23-35-29-37(25-24-33(35)28-34)47-41-18-9-7-16-39(41)46(32-14-5-2-6-15-32)40-17-8-10-19-42(40)47/h1-30H/i1D,2D,3D,4D,5D,6D,7D,8D,9D,10D,11D,12D,13D,14D,15D,16D,17D,18D,19D,20D,21D,26D,27D,30D. The van der Waals surface area contributed by atoms with Gasteiger partial charge in [0.05, 0.1) is 32.9 Å². The predicted molar refractivity (Wildman–Crippen MR) is 208 cm³/mol. The van der Waals surface area contributed by atoms with E-state index in [0.29, 0.717) is 10.8 Å². The molecule has 0 fully saturated rings. The molecule has 1 heteroatoms. The van der Waals surface area contributed by atoms with Crippen LogP contribution in [0.1, 0.15) is 32.9 Å². The van der Waals surface area contributed by atoms with Crippen molar-refractivity contribution in [3.05, 3.63) is 181 Å². The smallest absolute Gasteiger partial charge is 0.143 e. The highest BCUT2D eigenvalue weighted by Gasteiger charge is 2.17. The van der Waals surface area contributed by atoms with E-state index in [1.54, 1.807) is 24.3 Å². The second-order valence-electron chi connectivity index (χ2n) is 11.0. The van der Waals surface area contributed by atoms with Crippen LogP contribution in [0.3, 0.4) is 0 Å². The molecular formula is C48H30O. The van der Waals surface area contributed by atoms with Gasteiger partial charge in [-0.1, -0.05) is 157 Å². The van der Waals surface area contributed by atoms with E-state index in [0.717, 1.165) is 0 Å². The van der Waals surface area contributed by atoms with Crippen LogP contribution in [0.25, 0.3) is 98.8 Å². The number of furan rings is 1. The normalized spacial score (nSPS) is 18.5. The van der Waals surface area contributed by atoms with Gasteiger partial charge in [0, 0.05) is 16.3 Å². The molecule has 10 rings (SSSR count). The van der Waals surface area contributed by atoms with Crippen LogP contribution < -0.4 is 0 Å². The number of benzene rings is 9. The third kappa shape index (κ3) is 4.47. The molecule has 49 heavy (non-hydrogen) atoms. The molecule has 0 saturated carbocycles. The molecule has 228 valence electrons. The summed E-state index contributed by atoms with van der Waals surface area (Å²) in [5.41, 5.74) is -2.58. The van der Waals surface area contributed by atoms with Gasteiger partial charge in [0.25, 0.3) is 0 Å². The minimum Gasteiger partial charge on any atom is -0.455 e. The van der Waals surface area contributed by atoms with Crippen molar-refractivity contribution in [2.45, 2.75) is 0 Å². The SMILES string of the molecule is [2H]c1c([2H])c([2H])c(-c2c([2H])c([2H])c([2H])c3c2oc2c([2H])c([2H])c(-c4ccc5cc(-c6c7c([2H])c([2H])c([2H])c([2H])c7c(-c7c([2H])c([2H])c([2H])c([2H])c7[2H])c7c([2H])c([2H])c([2H])c([2H])c67)ccc5c4)c([2H])c23)c([2H])c1[2H]. The molecule has 10 aromatic rings. The van der Waals surface area contributed by atoms with Crippen molar-refractivity contribution in [2.75, 3.05) is 0 Å². The molecule has 0 unspecified atom stereocenters. The van der Waals surface area contributed by atoms with E-state index >= 15 is 0 Å². The molecule has 0 saturated heterocycles. The average Bonchev–Trinajstić information content (AvgIpc) is 3.78. The van der Waals surface area contributed by atoms with Gasteiger partial charge in [-0.25, -0.2) is 0 Å². The van der Waals surface area contributed by atoms with Crippen molar-refractivity contribution in [3.63, 3.8) is 0 Å². The van der Waals surface area contributed by atoms with Crippen LogP contribution in [0.15, 0.2) is 186 Å². The molecule has 0 aliphatic rings. The molecule has 0 aliphatic heterocycles. The van der Waals surface area contributed by atoms with E-state index < -0.39 is 173 Å². The molecule has 1 heterocycles. The van der Waals surface area contributed by atoms with Crippen molar-refractivity contribution in [1.82, 2.24) is 0 Å². The molecular weight excluding hydrogens is 593 g/mol. The highest BCUT2D eigenvalue weighted by Crippen LogP contribution is 2.44. The third-order valence-electron chi connectivity index (χ3n) is 8.35. The quantitative estimate of drug-likeness (QED) is 0.173. The fourth-order valence-electron chi connectivity index (χ4n) is 6.21. The van der Waals surface area contributed by atoms with Crippen LogP contribution >= 0.6 is 0 Å². The van der Waals surface area contributed by atoms with Crippen molar-refractivity contribution in [2.24, 2.45) is 0 Å². The summed E-state index contributed by atoms with van der Waals surface area (Å²) >= 11 is 0. The Bertz CT molecular complexity index is 4120. The van der Waals surface area contributed by atoms with Crippen LogP contribution in [0.2, 0.25) is 0 Å². The first-order chi connectivity index (χ1) is 34.3. The monoisotopic (exact) mass is 646 g/mol. The van der Waals surface area contributed by atoms with Gasteiger partial charge < -0.3 is 4.42 Å². The predicted octanol–water partition coefficient (Wildman–Crippen LogP) is 13.7. The highest BCUT2D eigenvalue weighted by atomic mass is 16.3. The Balaban J connectivity index is 1.25. The number of hydrogen-bond acceptors (Lipinski definition) is 1. The van der Waals surface area contributed by atoms with Crippen molar-refractivity contribution in [3.8, 4) is 44.5 Å². The Labute approximate surface area is 318 Å². The van der Waals surface area contributed by atoms with Crippen LogP contribution in [-0.4, -0.2) is 0 Å². The molecule has 0 bridgehead atoms. The summed E-state index contributed by atoms with van der Waals surface area (Å²) in [5.74, 6) is 0. The number of fused-ring (bicyclic) bond motifs is 6. The maximum Gasteiger partial charge on any atom is 0.143 e. The van der Waals surface area contributed by atoms with Crippen LogP contribution in [0, 0.1) is 0 Å². The van der Waals surface area contributed by atoms with Gasteiger partial charge in [0.1, 0.15) is 11.2 Å². The summed E-state index contributed by atoms with van der Waals surface area (Å²) in [6.07, 6.45) is 0. The first kappa shape index (κ1) is 12.9. The molecule has 0 N–H and O–H groups in total. The first-order valence-electron chi connectivity index (χ1n) is 26.9. The Morgan fingerprint density at radius 2 is 0.898 bits per heavy atom. The number of para-hydroxylation sites is 1. The summed E-state index contributed by atoms with van der Waals surface area (Å²) in [4.78, 5) is 0. The number of rotatable bonds is 4. The Kier molecular flexibility index (Phi) is 2.91. The van der Waals surface area contributed by atoms with E-state index in [4.69, 9.17) is 30.5 Å². The highest BCUT2D eigenvalue weighted by molar-refractivity contribution is 6.21. The lowest BCUT2D eigenvalue weighted by molar-refractivity contribution is 0.670. The Hall–Kier alpha value is -6.44. The Morgan fingerprint density at radius 1 is 0.367 bits per heavy atom. The summed E-state index contributed by atoms with van der Waals surface area (Å²) in [5, 5.41) is -0.951. The second kappa shape index (κ2) is 11.1. The summed E-state index contributed by atoms with van der Waals surface area (Å²) in [6.45, 7) is 0. The van der Waals surface area contributed by atoms with Gasteiger partial charge >= 0.3 is 0 Å². The zero-order chi connectivity index (χ0) is 53.2. The fourth-order valence-corrected chi connectivity index (χ4v) is 6.21. The van der Waals surface area contributed by atoms with Crippen molar-refractivity contribution >= 4 is 54.3 Å². The molecule has 9 aromatic carbocycles. The van der Waals surface area contributed by atoms with Gasteiger partial charge in [-0.05, 0) is 95.5 Å². The zero-order valence-electron chi connectivity index (χ0n) is 48.9. The molecule has 1 nitrogen and oxygen atoms in total. The molecule has 0 atom stereocenters. The van der Waals surface area contributed by atoms with Gasteiger partial charge in [-0.3, -0.25) is 0 Å². The van der Waals surface area contributed by atoms with Crippen LogP contribution in [0.4, 0.5) is 0 Å². The van der Waals surface area contributed by atoms with E-state index in [1.807, 2.05) is 0 Å². The average molecular weight is 647 g/mol. The Morgan fingerprint density at radius 3 is 1.55 bits per heavy atom. The van der Waals surface area contributed by atoms with E-state index in [9.17, 15) is 6.85 Å². The van der Waals surface area contributed by atoms with E-state index in [-0.39, 0.29) is 60.2 Å². The molecule has 0 amide bonds. The summed E-state index contributed by atoms with van der Waals surface area (Å²) in [7, 11) is 0. The minimum absolute atomic E-state index is 0.0945. The van der Waals surface area contributed by atoms with Crippen LogP contribution in [0.5, 0.6) is 0 Å². The lowest BCUT2D eigenvalue weighted by Gasteiger charge is -2.18. The van der Waals surface area contributed by atoms with Gasteiger partial charge in [-0.15, -0.1) is 0 Å². The van der Waals surface area contributed by atoms with Gasteiger partial charge in [-0.2, -0.15) is 0 Å². The number of hydrogen-bond donors (Lipinski definition) is 0. The molecule has 0 aliphatic carbocycles. The molecule has 0 radical (unpaired) electrons. The van der Waals surface area contributed by atoms with Crippen LogP contribution in [-0.2, 0) is 0 Å². The summed E-state index contributed by atoms with van der Waals surface area (Å²) in [6, 6.07) is -7.64. The third-order valence-corrected chi connectivity index (χ3v) is 8.35. The largest absolute Gasteiger partial charge is 0.455 e. The van der Waals surface area contributed by atoms with Crippen molar-refractivity contribution < 1.29 is 37.3 Å². The fraction of sp³-hybridized carbons (Fsp3) is 0. The molecule has 0 spiro atoms. The van der Waals surface area contributed by atoms with Crippen molar-refractivity contribution in [1.29, 1.82) is 0 Å².